The van der Waals surface area contributed by atoms with Gasteiger partial charge in [-0.2, -0.15) is 0 Å². The number of hydrogen-bond acceptors (Lipinski definition) is 3. The molecule has 1 N–H and O–H groups in total. The Morgan fingerprint density at radius 3 is 2.82 bits per heavy atom. The van der Waals surface area contributed by atoms with Crippen molar-refractivity contribution in [3.8, 4) is 0 Å². The zero-order chi connectivity index (χ0) is 8.43. The molecular formula is C7H11ClO3. The number of aliphatic hydroxyl groups excluding tert-OH is 1. The number of methoxy groups -OCH3 is 1. The fourth-order valence-corrected chi connectivity index (χ4v) is 1.36. The second-order valence-electron chi connectivity index (χ2n) is 2.76. The number of esters is 1. The van der Waals surface area contributed by atoms with Crippen LogP contribution in [0.15, 0.2) is 0 Å². The van der Waals surface area contributed by atoms with Crippen LogP contribution in [0.4, 0.5) is 0 Å². The highest BCUT2D eigenvalue weighted by Crippen LogP contribution is 2.39. The van der Waals surface area contributed by atoms with Crippen LogP contribution in [-0.4, -0.2) is 29.7 Å². The van der Waals surface area contributed by atoms with Gasteiger partial charge in [-0.1, -0.05) is 0 Å². The van der Waals surface area contributed by atoms with Crippen LogP contribution in [0.3, 0.4) is 0 Å². The van der Waals surface area contributed by atoms with E-state index < -0.39 is 6.10 Å². The third-order valence-corrected chi connectivity index (χ3v) is 2.36. The molecule has 1 rings (SSSR count). The summed E-state index contributed by atoms with van der Waals surface area (Å²) >= 11 is 5.66. The first-order valence-corrected chi connectivity index (χ1v) is 3.97. The molecule has 0 aromatic carbocycles. The van der Waals surface area contributed by atoms with E-state index in [1.54, 1.807) is 0 Å². The highest BCUT2D eigenvalue weighted by Gasteiger charge is 2.41. The molecule has 64 valence electrons. The van der Waals surface area contributed by atoms with E-state index in [4.69, 9.17) is 11.6 Å². The molecule has 0 spiro atoms. The Morgan fingerprint density at radius 1 is 1.91 bits per heavy atom. The number of halogens is 1. The molecule has 11 heavy (non-hydrogen) atoms. The van der Waals surface area contributed by atoms with Crippen molar-refractivity contribution in [3.05, 3.63) is 0 Å². The molecule has 0 aromatic rings. The van der Waals surface area contributed by atoms with Crippen LogP contribution in [-0.2, 0) is 9.53 Å². The van der Waals surface area contributed by atoms with Crippen molar-refractivity contribution in [1.29, 1.82) is 0 Å². The second kappa shape index (κ2) is 3.41. The fraction of sp³-hybridized carbons (Fsp3) is 0.857. The Hall–Kier alpha value is -0.280. The van der Waals surface area contributed by atoms with Crippen LogP contribution in [0.1, 0.15) is 12.8 Å². The van der Waals surface area contributed by atoms with Crippen molar-refractivity contribution in [3.63, 3.8) is 0 Å². The first-order chi connectivity index (χ1) is 5.15. The maximum atomic E-state index is 10.6. The largest absolute Gasteiger partial charge is 0.469 e. The SMILES string of the molecule is COC(=O)C[C@H](O)[C@@H]1C[C@H]1Cl. The van der Waals surface area contributed by atoms with E-state index in [0.29, 0.717) is 0 Å². The minimum atomic E-state index is -0.620. The average Bonchev–Trinajstić information content (AvgIpc) is 2.66. The fourth-order valence-electron chi connectivity index (χ4n) is 0.985. The van der Waals surface area contributed by atoms with Crippen LogP contribution in [0.25, 0.3) is 0 Å². The molecule has 0 amide bonds. The lowest BCUT2D eigenvalue weighted by Gasteiger charge is -2.06. The molecule has 1 aliphatic carbocycles. The molecule has 0 heterocycles. The first kappa shape index (κ1) is 8.81. The van der Waals surface area contributed by atoms with E-state index in [1.807, 2.05) is 0 Å². The molecule has 1 fully saturated rings. The van der Waals surface area contributed by atoms with Crippen molar-refractivity contribution in [2.75, 3.05) is 7.11 Å². The maximum absolute atomic E-state index is 10.6. The number of carbonyl (C=O) groups excluding carboxylic acids is 1. The third-order valence-electron chi connectivity index (χ3n) is 1.86. The highest BCUT2D eigenvalue weighted by atomic mass is 35.5. The Morgan fingerprint density at radius 2 is 2.45 bits per heavy atom. The Bertz CT molecular complexity index is 160. The summed E-state index contributed by atoms with van der Waals surface area (Å²) in [6, 6.07) is 0. The van der Waals surface area contributed by atoms with E-state index in [0.717, 1.165) is 6.42 Å². The Kier molecular flexibility index (Phi) is 2.73. The average molecular weight is 179 g/mol. The summed E-state index contributed by atoms with van der Waals surface area (Å²) in [7, 11) is 1.31. The molecule has 0 bridgehead atoms. The van der Waals surface area contributed by atoms with E-state index >= 15 is 0 Å². The predicted molar refractivity (Wildman–Crippen MR) is 40.4 cm³/mol. The van der Waals surface area contributed by atoms with Gasteiger partial charge in [0.1, 0.15) is 0 Å². The summed E-state index contributed by atoms with van der Waals surface area (Å²) in [5.74, 6) is -0.288. The van der Waals surface area contributed by atoms with Gasteiger partial charge in [-0.05, 0) is 6.42 Å². The van der Waals surface area contributed by atoms with Crippen molar-refractivity contribution < 1.29 is 14.6 Å². The molecule has 1 saturated carbocycles. The number of rotatable bonds is 3. The van der Waals surface area contributed by atoms with Gasteiger partial charge in [0.15, 0.2) is 0 Å². The van der Waals surface area contributed by atoms with Crippen molar-refractivity contribution in [1.82, 2.24) is 0 Å². The zero-order valence-electron chi connectivity index (χ0n) is 6.29. The second-order valence-corrected chi connectivity index (χ2v) is 3.32. The maximum Gasteiger partial charge on any atom is 0.308 e. The van der Waals surface area contributed by atoms with Gasteiger partial charge in [0.05, 0.1) is 19.6 Å². The summed E-state index contributed by atoms with van der Waals surface area (Å²) in [4.78, 5) is 10.6. The standard InChI is InChI=1S/C7H11ClO3/c1-11-7(10)3-6(9)4-2-5(4)8/h4-6,9H,2-3H2,1H3/t4-,5-,6+/m1/s1. The molecule has 3 atom stereocenters. The van der Waals surface area contributed by atoms with Gasteiger partial charge in [-0.15, -0.1) is 11.6 Å². The summed E-state index contributed by atoms with van der Waals surface area (Å²) in [6.07, 6.45) is 0.245. The van der Waals surface area contributed by atoms with Crippen molar-refractivity contribution >= 4 is 17.6 Å². The third kappa shape index (κ3) is 2.34. The van der Waals surface area contributed by atoms with E-state index in [-0.39, 0.29) is 23.7 Å². The van der Waals surface area contributed by atoms with Crippen LogP contribution in [0, 0.1) is 5.92 Å². The number of carbonyl (C=O) groups is 1. The quantitative estimate of drug-likeness (QED) is 0.507. The lowest BCUT2D eigenvalue weighted by Crippen LogP contribution is -2.17. The number of ether oxygens (including phenoxy) is 1. The lowest BCUT2D eigenvalue weighted by molar-refractivity contribution is -0.143. The van der Waals surface area contributed by atoms with E-state index in [2.05, 4.69) is 4.74 Å². The molecule has 0 radical (unpaired) electrons. The number of hydrogen-bond donors (Lipinski definition) is 1. The minimum absolute atomic E-state index is 0.0506. The smallest absolute Gasteiger partial charge is 0.308 e. The monoisotopic (exact) mass is 178 g/mol. The van der Waals surface area contributed by atoms with E-state index in [9.17, 15) is 9.90 Å². The van der Waals surface area contributed by atoms with Gasteiger partial charge in [0.2, 0.25) is 0 Å². The van der Waals surface area contributed by atoms with Crippen LogP contribution < -0.4 is 0 Å². The summed E-state index contributed by atoms with van der Waals surface area (Å²) < 4.78 is 4.39. The molecule has 0 saturated heterocycles. The van der Waals surface area contributed by atoms with Gasteiger partial charge in [0, 0.05) is 11.3 Å². The molecule has 0 unspecified atom stereocenters. The molecule has 4 heteroatoms. The van der Waals surface area contributed by atoms with Crippen LogP contribution in [0.5, 0.6) is 0 Å². The summed E-state index contributed by atoms with van der Waals surface area (Å²) in [5.41, 5.74) is 0. The van der Waals surface area contributed by atoms with Gasteiger partial charge in [0.25, 0.3) is 0 Å². The molecule has 3 nitrogen and oxygen atoms in total. The molecular weight excluding hydrogens is 168 g/mol. The molecule has 0 aromatic heterocycles. The topological polar surface area (TPSA) is 46.5 Å². The summed E-state index contributed by atoms with van der Waals surface area (Å²) in [6.45, 7) is 0. The van der Waals surface area contributed by atoms with Gasteiger partial charge in [-0.3, -0.25) is 4.79 Å². The van der Waals surface area contributed by atoms with Crippen LogP contribution in [0.2, 0.25) is 0 Å². The Balaban J connectivity index is 2.21. The van der Waals surface area contributed by atoms with Gasteiger partial charge in [-0.25, -0.2) is 0 Å². The number of aliphatic hydroxyl groups is 1. The predicted octanol–water partition coefficient (Wildman–Crippen LogP) is 0.538. The highest BCUT2D eigenvalue weighted by molar-refractivity contribution is 6.22. The summed E-state index contributed by atoms with van der Waals surface area (Å²) in [5, 5.41) is 9.33. The Labute approximate surface area is 70.3 Å². The van der Waals surface area contributed by atoms with Gasteiger partial charge >= 0.3 is 5.97 Å². The normalized spacial score (nSPS) is 31.2. The first-order valence-electron chi connectivity index (χ1n) is 3.54. The van der Waals surface area contributed by atoms with Crippen LogP contribution >= 0.6 is 11.6 Å². The number of alkyl halides is 1. The molecule has 0 aliphatic heterocycles. The lowest BCUT2D eigenvalue weighted by atomic mass is 10.2. The van der Waals surface area contributed by atoms with E-state index in [1.165, 1.54) is 7.11 Å². The van der Waals surface area contributed by atoms with Gasteiger partial charge < -0.3 is 9.84 Å². The molecule has 1 aliphatic rings. The van der Waals surface area contributed by atoms with Crippen molar-refractivity contribution in [2.45, 2.75) is 24.3 Å². The minimum Gasteiger partial charge on any atom is -0.469 e. The zero-order valence-corrected chi connectivity index (χ0v) is 7.04. The van der Waals surface area contributed by atoms with Crippen molar-refractivity contribution in [2.24, 2.45) is 5.92 Å².